The van der Waals surface area contributed by atoms with Gasteiger partial charge >= 0.3 is 5.97 Å². The van der Waals surface area contributed by atoms with Crippen LogP contribution in [0.15, 0.2) is 17.3 Å². The molecule has 7 nitrogen and oxygen atoms in total. The highest BCUT2D eigenvalue weighted by Crippen LogP contribution is 2.12. The van der Waals surface area contributed by atoms with E-state index in [1.165, 1.54) is 0 Å². The maximum absolute atomic E-state index is 12.1. The van der Waals surface area contributed by atoms with Crippen LogP contribution in [-0.2, 0) is 21.4 Å². The Morgan fingerprint density at radius 3 is 2.55 bits per heavy atom. The Balaban J connectivity index is 2.93. The lowest BCUT2D eigenvalue weighted by molar-refractivity contribution is -0.140. The van der Waals surface area contributed by atoms with Crippen molar-refractivity contribution in [3.8, 4) is 0 Å². The zero-order valence-corrected chi connectivity index (χ0v) is 11.6. The highest BCUT2D eigenvalue weighted by atomic mass is 32.2. The topological polar surface area (TPSA) is 101 Å². The number of rotatable bonds is 7. The van der Waals surface area contributed by atoms with Gasteiger partial charge in [0.15, 0.2) is 0 Å². The fraction of sp³-hybridized carbons (Fsp3) is 0.600. The van der Waals surface area contributed by atoms with Gasteiger partial charge in [0.1, 0.15) is 17.5 Å². The number of hydrogen-bond acceptors (Lipinski definition) is 4. The van der Waals surface area contributed by atoms with Crippen LogP contribution in [-0.4, -0.2) is 41.7 Å². The first kappa shape index (κ1) is 16.5. The quantitative estimate of drug-likeness (QED) is 0.765. The summed E-state index contributed by atoms with van der Waals surface area (Å²) in [5, 5.41) is 12.4. The first-order valence-corrected chi connectivity index (χ1v) is 7.17. The number of carbonyl (C=O) groups is 1. The van der Waals surface area contributed by atoms with E-state index in [1.54, 1.807) is 13.8 Å². The summed E-state index contributed by atoms with van der Waals surface area (Å²) in [5.74, 6) is -1.79. The zero-order chi connectivity index (χ0) is 15.5. The number of nitrogens with one attached hydrogen (secondary N) is 1. The van der Waals surface area contributed by atoms with Crippen LogP contribution in [0, 0.1) is 5.92 Å². The third-order valence-electron chi connectivity index (χ3n) is 2.46. The zero-order valence-electron chi connectivity index (χ0n) is 10.8. The van der Waals surface area contributed by atoms with Crippen LogP contribution in [0.3, 0.4) is 0 Å². The molecular formula is C10H15F2N3O4S. The normalized spacial score (nSPS) is 13.9. The molecule has 0 saturated carbocycles. The Bertz CT molecular complexity index is 571. The minimum Gasteiger partial charge on any atom is -0.480 e. The number of halogens is 2. The smallest absolute Gasteiger partial charge is 0.322 e. The number of aromatic nitrogens is 2. The molecule has 0 amide bonds. The van der Waals surface area contributed by atoms with Crippen molar-refractivity contribution in [3.63, 3.8) is 0 Å². The van der Waals surface area contributed by atoms with Gasteiger partial charge < -0.3 is 5.11 Å². The van der Waals surface area contributed by atoms with Crippen molar-refractivity contribution in [2.45, 2.75) is 37.8 Å². The Hall–Kier alpha value is -1.55. The molecule has 10 heteroatoms. The third-order valence-corrected chi connectivity index (χ3v) is 3.86. The van der Waals surface area contributed by atoms with Crippen LogP contribution in [0.4, 0.5) is 8.78 Å². The maximum Gasteiger partial charge on any atom is 0.322 e. The van der Waals surface area contributed by atoms with Gasteiger partial charge in [0.05, 0.1) is 6.20 Å². The van der Waals surface area contributed by atoms with Crippen LogP contribution in [0.2, 0.25) is 0 Å². The molecule has 0 spiro atoms. The summed E-state index contributed by atoms with van der Waals surface area (Å²) in [6.07, 6.45) is -0.849. The van der Waals surface area contributed by atoms with E-state index >= 15 is 0 Å². The van der Waals surface area contributed by atoms with E-state index in [2.05, 4.69) is 5.10 Å². The monoisotopic (exact) mass is 311 g/mol. The number of hydrogen-bond donors (Lipinski definition) is 2. The Morgan fingerprint density at radius 2 is 2.10 bits per heavy atom. The van der Waals surface area contributed by atoms with Gasteiger partial charge in [0.2, 0.25) is 10.0 Å². The standard InChI is InChI=1S/C10H15F2N3O4S/c1-6(2)9(10(16)17)14-20(18,19)7-3-13-15(4-7)5-8(11)12/h3-4,6,8-9,14H,5H2,1-2H3,(H,16,17)/t9-/m0/s1. The molecule has 0 radical (unpaired) electrons. The molecule has 1 rings (SSSR count). The summed E-state index contributed by atoms with van der Waals surface area (Å²) < 4.78 is 50.9. The molecule has 1 aromatic rings. The van der Waals surface area contributed by atoms with Gasteiger partial charge in [0.25, 0.3) is 6.43 Å². The van der Waals surface area contributed by atoms with E-state index in [0.29, 0.717) is 0 Å². The van der Waals surface area contributed by atoms with Gasteiger partial charge in [-0.1, -0.05) is 13.8 Å². The van der Waals surface area contributed by atoms with E-state index in [1.807, 2.05) is 4.72 Å². The Morgan fingerprint density at radius 1 is 1.50 bits per heavy atom. The lowest BCUT2D eigenvalue weighted by atomic mass is 10.1. The molecule has 0 unspecified atom stereocenters. The molecular weight excluding hydrogens is 296 g/mol. The van der Waals surface area contributed by atoms with Gasteiger partial charge in [-0.2, -0.15) is 9.82 Å². The predicted octanol–water partition coefficient (Wildman–Crippen LogP) is 0.536. The van der Waals surface area contributed by atoms with E-state index < -0.39 is 40.9 Å². The van der Waals surface area contributed by atoms with E-state index in [4.69, 9.17) is 5.11 Å². The largest absolute Gasteiger partial charge is 0.480 e. The highest BCUT2D eigenvalue weighted by molar-refractivity contribution is 7.89. The molecule has 0 saturated heterocycles. The summed E-state index contributed by atoms with van der Waals surface area (Å²) in [5.41, 5.74) is 0. The van der Waals surface area contributed by atoms with Crippen molar-refractivity contribution in [2.75, 3.05) is 0 Å². The minimum atomic E-state index is -4.12. The second-order valence-electron chi connectivity index (χ2n) is 4.47. The summed E-state index contributed by atoms with van der Waals surface area (Å²) in [6.45, 7) is 2.35. The second-order valence-corrected chi connectivity index (χ2v) is 6.18. The van der Waals surface area contributed by atoms with Crippen molar-refractivity contribution in [2.24, 2.45) is 5.92 Å². The second kappa shape index (κ2) is 6.27. The van der Waals surface area contributed by atoms with Crippen molar-refractivity contribution in [3.05, 3.63) is 12.4 Å². The average Bonchev–Trinajstić information content (AvgIpc) is 2.73. The van der Waals surface area contributed by atoms with Gasteiger partial charge in [-0.15, -0.1) is 0 Å². The summed E-state index contributed by atoms with van der Waals surface area (Å²) >= 11 is 0. The van der Waals surface area contributed by atoms with Crippen LogP contribution >= 0.6 is 0 Å². The van der Waals surface area contributed by atoms with Gasteiger partial charge in [-0.3, -0.25) is 9.48 Å². The molecule has 0 fully saturated rings. The van der Waals surface area contributed by atoms with Gasteiger partial charge in [-0.25, -0.2) is 17.2 Å². The van der Waals surface area contributed by atoms with E-state index in [-0.39, 0.29) is 4.90 Å². The molecule has 114 valence electrons. The maximum atomic E-state index is 12.1. The summed E-state index contributed by atoms with van der Waals surface area (Å²) in [4.78, 5) is 10.6. The molecule has 20 heavy (non-hydrogen) atoms. The molecule has 2 N–H and O–H groups in total. The van der Waals surface area contributed by atoms with Crippen LogP contribution in [0.1, 0.15) is 13.8 Å². The van der Waals surface area contributed by atoms with Crippen LogP contribution in [0.25, 0.3) is 0 Å². The number of sulfonamides is 1. The lowest BCUT2D eigenvalue weighted by Gasteiger charge is -2.17. The summed E-state index contributed by atoms with van der Waals surface area (Å²) in [6, 6.07) is -1.31. The Labute approximate surface area is 114 Å². The van der Waals surface area contributed by atoms with Crippen molar-refractivity contribution in [1.29, 1.82) is 0 Å². The molecule has 1 heterocycles. The first-order valence-electron chi connectivity index (χ1n) is 5.69. The molecule has 0 aliphatic rings. The van der Waals surface area contributed by atoms with Gasteiger partial charge in [-0.05, 0) is 5.92 Å². The number of alkyl halides is 2. The molecule has 0 aromatic carbocycles. The van der Waals surface area contributed by atoms with Gasteiger partial charge in [0, 0.05) is 6.20 Å². The average molecular weight is 311 g/mol. The number of carboxylic acids is 1. The van der Waals surface area contributed by atoms with Crippen molar-refractivity contribution < 1.29 is 27.1 Å². The SMILES string of the molecule is CC(C)[C@H](NS(=O)(=O)c1cnn(CC(F)F)c1)C(=O)O. The number of carboxylic acid groups (broad SMARTS) is 1. The molecule has 0 aliphatic heterocycles. The van der Waals surface area contributed by atoms with E-state index in [0.717, 1.165) is 17.1 Å². The van der Waals surface area contributed by atoms with Crippen molar-refractivity contribution in [1.82, 2.24) is 14.5 Å². The van der Waals surface area contributed by atoms with E-state index in [9.17, 15) is 22.0 Å². The van der Waals surface area contributed by atoms with Crippen molar-refractivity contribution >= 4 is 16.0 Å². The molecule has 1 aromatic heterocycles. The first-order chi connectivity index (χ1) is 9.13. The summed E-state index contributed by atoms with van der Waals surface area (Å²) in [7, 11) is -4.12. The van der Waals surface area contributed by atoms with Crippen LogP contribution < -0.4 is 4.72 Å². The minimum absolute atomic E-state index is 0.356. The fourth-order valence-electron chi connectivity index (χ4n) is 1.43. The predicted molar refractivity (Wildman–Crippen MR) is 64.8 cm³/mol. The number of aliphatic carboxylic acids is 1. The third kappa shape index (κ3) is 4.23. The molecule has 0 bridgehead atoms. The lowest BCUT2D eigenvalue weighted by Crippen LogP contribution is -2.44. The fourth-order valence-corrected chi connectivity index (χ4v) is 2.72. The van der Waals surface area contributed by atoms with Crippen LogP contribution in [0.5, 0.6) is 0 Å². The molecule has 0 aliphatic carbocycles. The Kier molecular flexibility index (Phi) is 5.17. The molecule has 1 atom stereocenters. The number of nitrogens with zero attached hydrogens (tertiary/aromatic N) is 2. The highest BCUT2D eigenvalue weighted by Gasteiger charge is 2.28.